The van der Waals surface area contributed by atoms with Crippen LogP contribution in [0.2, 0.25) is 0 Å². The van der Waals surface area contributed by atoms with Gasteiger partial charge in [-0.1, -0.05) is 38.8 Å². The second-order valence-corrected chi connectivity index (χ2v) is 5.16. The third-order valence-corrected chi connectivity index (χ3v) is 3.99. The monoisotopic (exact) mass is 235 g/mol. The molecule has 0 heterocycles. The summed E-state index contributed by atoms with van der Waals surface area (Å²) < 4.78 is 13.3. The molecular formula is C15H22FN. The van der Waals surface area contributed by atoms with Gasteiger partial charge in [-0.2, -0.15) is 0 Å². The average Bonchev–Trinajstić information content (AvgIpc) is 2.72. The minimum atomic E-state index is -0.129. The van der Waals surface area contributed by atoms with E-state index in [2.05, 4.69) is 19.2 Å². The Kier molecular flexibility index (Phi) is 4.16. The van der Waals surface area contributed by atoms with Crippen LogP contribution in [0.1, 0.15) is 44.7 Å². The van der Waals surface area contributed by atoms with Crippen molar-refractivity contribution >= 4 is 0 Å². The van der Waals surface area contributed by atoms with Crippen molar-refractivity contribution in [2.45, 2.75) is 39.2 Å². The van der Waals surface area contributed by atoms with Gasteiger partial charge in [-0.3, -0.25) is 0 Å². The zero-order valence-electron chi connectivity index (χ0n) is 10.7. The van der Waals surface area contributed by atoms with Crippen molar-refractivity contribution in [2.75, 3.05) is 6.54 Å². The fraction of sp³-hybridized carbons (Fsp3) is 0.600. The lowest BCUT2D eigenvalue weighted by Gasteiger charge is -2.28. The van der Waals surface area contributed by atoms with Crippen LogP contribution in [-0.4, -0.2) is 6.54 Å². The number of benzene rings is 1. The molecule has 1 aromatic rings. The maximum atomic E-state index is 13.3. The third kappa shape index (κ3) is 2.86. The molecule has 17 heavy (non-hydrogen) atoms. The summed E-state index contributed by atoms with van der Waals surface area (Å²) >= 11 is 0. The van der Waals surface area contributed by atoms with Gasteiger partial charge in [0.05, 0.1) is 0 Å². The van der Waals surface area contributed by atoms with Crippen molar-refractivity contribution in [3.63, 3.8) is 0 Å². The minimum Gasteiger partial charge on any atom is -0.310 e. The molecule has 0 saturated heterocycles. The van der Waals surface area contributed by atoms with Gasteiger partial charge in [0.2, 0.25) is 0 Å². The molecule has 2 heteroatoms. The summed E-state index contributed by atoms with van der Waals surface area (Å²) in [5.41, 5.74) is 1.10. The Labute approximate surface area is 103 Å². The number of rotatable bonds is 4. The van der Waals surface area contributed by atoms with Crippen molar-refractivity contribution in [3.8, 4) is 0 Å². The molecule has 1 N–H and O–H groups in total. The zero-order valence-corrected chi connectivity index (χ0v) is 10.7. The lowest BCUT2D eigenvalue weighted by atomic mass is 9.86. The van der Waals surface area contributed by atoms with Crippen molar-refractivity contribution < 1.29 is 4.39 Å². The predicted octanol–water partition coefficient (Wildman–Crippen LogP) is 3.91. The first kappa shape index (κ1) is 12.6. The van der Waals surface area contributed by atoms with Crippen molar-refractivity contribution in [1.29, 1.82) is 0 Å². The molecule has 1 aromatic carbocycles. The van der Waals surface area contributed by atoms with E-state index in [1.807, 2.05) is 12.1 Å². The first-order valence-electron chi connectivity index (χ1n) is 6.71. The second-order valence-electron chi connectivity index (χ2n) is 5.16. The Morgan fingerprint density at radius 3 is 2.82 bits per heavy atom. The van der Waals surface area contributed by atoms with E-state index in [1.54, 1.807) is 6.07 Å². The normalized spacial score (nSPS) is 26.1. The van der Waals surface area contributed by atoms with Crippen molar-refractivity contribution in [1.82, 2.24) is 5.32 Å². The molecular weight excluding hydrogens is 213 g/mol. The standard InChI is InChI=1S/C15H22FN/c1-3-17-15(14-9-4-6-11(14)2)12-7-5-8-13(16)10-12/h5,7-8,10-11,14-15,17H,3-4,6,9H2,1-2H3. The highest BCUT2D eigenvalue weighted by molar-refractivity contribution is 5.21. The van der Waals surface area contributed by atoms with Gasteiger partial charge in [0.25, 0.3) is 0 Å². The molecule has 0 amide bonds. The molecule has 1 aliphatic rings. The Morgan fingerprint density at radius 2 is 2.24 bits per heavy atom. The van der Waals surface area contributed by atoms with E-state index >= 15 is 0 Å². The van der Waals surface area contributed by atoms with Gasteiger partial charge < -0.3 is 5.32 Å². The summed E-state index contributed by atoms with van der Waals surface area (Å²) in [5.74, 6) is 1.26. The maximum absolute atomic E-state index is 13.3. The SMILES string of the molecule is CCNC(c1cccc(F)c1)C1CCCC1C. The van der Waals surface area contributed by atoms with E-state index in [9.17, 15) is 4.39 Å². The Morgan fingerprint density at radius 1 is 1.41 bits per heavy atom. The molecule has 0 aliphatic heterocycles. The summed E-state index contributed by atoms with van der Waals surface area (Å²) in [6.45, 7) is 5.37. The van der Waals surface area contributed by atoms with Gasteiger partial charge in [-0.05, 0) is 42.5 Å². The molecule has 0 spiro atoms. The first-order chi connectivity index (χ1) is 8.22. The van der Waals surface area contributed by atoms with Gasteiger partial charge in [0, 0.05) is 6.04 Å². The van der Waals surface area contributed by atoms with Gasteiger partial charge in [0.15, 0.2) is 0 Å². The van der Waals surface area contributed by atoms with Crippen LogP contribution in [0.25, 0.3) is 0 Å². The van der Waals surface area contributed by atoms with E-state index in [0.717, 1.165) is 18.0 Å². The fourth-order valence-electron chi connectivity index (χ4n) is 3.11. The van der Waals surface area contributed by atoms with Gasteiger partial charge in [-0.25, -0.2) is 4.39 Å². The first-order valence-corrected chi connectivity index (χ1v) is 6.71. The predicted molar refractivity (Wildman–Crippen MR) is 69.3 cm³/mol. The third-order valence-electron chi connectivity index (χ3n) is 3.99. The maximum Gasteiger partial charge on any atom is 0.123 e. The van der Waals surface area contributed by atoms with E-state index in [0.29, 0.717) is 12.0 Å². The molecule has 1 fully saturated rings. The van der Waals surface area contributed by atoms with Crippen LogP contribution < -0.4 is 5.32 Å². The number of hydrogen-bond acceptors (Lipinski definition) is 1. The average molecular weight is 235 g/mol. The molecule has 2 rings (SSSR count). The molecule has 1 saturated carbocycles. The number of hydrogen-bond donors (Lipinski definition) is 1. The summed E-state index contributed by atoms with van der Waals surface area (Å²) in [4.78, 5) is 0. The highest BCUT2D eigenvalue weighted by atomic mass is 19.1. The highest BCUT2D eigenvalue weighted by Gasteiger charge is 2.31. The summed E-state index contributed by atoms with van der Waals surface area (Å²) in [5, 5.41) is 3.53. The van der Waals surface area contributed by atoms with E-state index in [-0.39, 0.29) is 5.82 Å². The molecule has 1 nitrogen and oxygen atoms in total. The fourth-order valence-corrected chi connectivity index (χ4v) is 3.11. The molecule has 0 radical (unpaired) electrons. The van der Waals surface area contributed by atoms with Crippen LogP contribution in [-0.2, 0) is 0 Å². The molecule has 1 aliphatic carbocycles. The van der Waals surface area contributed by atoms with Crippen LogP contribution >= 0.6 is 0 Å². The van der Waals surface area contributed by atoms with E-state index < -0.39 is 0 Å². The lowest BCUT2D eigenvalue weighted by Crippen LogP contribution is -2.29. The molecule has 94 valence electrons. The largest absolute Gasteiger partial charge is 0.310 e. The summed E-state index contributed by atoms with van der Waals surface area (Å²) in [6, 6.07) is 7.37. The van der Waals surface area contributed by atoms with Gasteiger partial charge in [0.1, 0.15) is 5.82 Å². The van der Waals surface area contributed by atoms with Crippen LogP contribution in [0.5, 0.6) is 0 Å². The quantitative estimate of drug-likeness (QED) is 0.834. The number of nitrogens with one attached hydrogen (secondary N) is 1. The summed E-state index contributed by atoms with van der Waals surface area (Å²) in [7, 11) is 0. The minimum absolute atomic E-state index is 0.129. The van der Waals surface area contributed by atoms with Crippen LogP contribution in [0.15, 0.2) is 24.3 Å². The van der Waals surface area contributed by atoms with Crippen molar-refractivity contribution in [3.05, 3.63) is 35.6 Å². The Hall–Kier alpha value is -0.890. The molecule has 3 atom stereocenters. The molecule has 0 bridgehead atoms. The number of halogens is 1. The van der Waals surface area contributed by atoms with Crippen molar-refractivity contribution in [2.24, 2.45) is 11.8 Å². The Bertz CT molecular complexity index is 364. The van der Waals surface area contributed by atoms with Gasteiger partial charge >= 0.3 is 0 Å². The van der Waals surface area contributed by atoms with Crippen LogP contribution in [0.3, 0.4) is 0 Å². The summed E-state index contributed by atoms with van der Waals surface area (Å²) in [6.07, 6.45) is 3.88. The smallest absolute Gasteiger partial charge is 0.123 e. The van der Waals surface area contributed by atoms with Crippen LogP contribution in [0, 0.1) is 17.7 Å². The molecule has 3 unspecified atom stereocenters. The van der Waals surface area contributed by atoms with E-state index in [4.69, 9.17) is 0 Å². The van der Waals surface area contributed by atoms with E-state index in [1.165, 1.54) is 25.3 Å². The second kappa shape index (κ2) is 5.63. The Balaban J connectivity index is 2.22. The molecule has 0 aromatic heterocycles. The van der Waals surface area contributed by atoms with Crippen LogP contribution in [0.4, 0.5) is 4.39 Å². The van der Waals surface area contributed by atoms with Gasteiger partial charge in [-0.15, -0.1) is 0 Å². The topological polar surface area (TPSA) is 12.0 Å². The lowest BCUT2D eigenvalue weighted by molar-refractivity contribution is 0.305. The highest BCUT2D eigenvalue weighted by Crippen LogP contribution is 2.40. The zero-order chi connectivity index (χ0) is 12.3.